The maximum atomic E-state index is 11.9. The van der Waals surface area contributed by atoms with Gasteiger partial charge in [0.1, 0.15) is 0 Å². The SMILES string of the molecule is COCC1=CC(=O)NC2=CC(=NC(=O)CN(C)S(C)(=O)=O)C=CC12. The molecule has 2 aliphatic rings. The van der Waals surface area contributed by atoms with Crippen LogP contribution in [0, 0.1) is 5.92 Å². The number of allylic oxidation sites excluding steroid dienone is 3. The molecule has 0 saturated carbocycles. The van der Waals surface area contributed by atoms with Crippen LogP contribution in [-0.2, 0) is 24.3 Å². The monoisotopic (exact) mass is 353 g/mol. The molecule has 0 radical (unpaired) electrons. The Labute approximate surface area is 140 Å². The number of hydrogen-bond donors (Lipinski definition) is 1. The molecular formula is C15H19N3O5S. The number of aliphatic imine (C=N–C) groups is 1. The van der Waals surface area contributed by atoms with Gasteiger partial charge in [-0.25, -0.2) is 13.4 Å². The van der Waals surface area contributed by atoms with Crippen LogP contribution in [0.3, 0.4) is 0 Å². The molecule has 1 aliphatic carbocycles. The van der Waals surface area contributed by atoms with Gasteiger partial charge in [0.15, 0.2) is 0 Å². The minimum atomic E-state index is -3.45. The Bertz CT molecular complexity index is 777. The summed E-state index contributed by atoms with van der Waals surface area (Å²) >= 11 is 0. The van der Waals surface area contributed by atoms with Crippen LogP contribution in [0.5, 0.6) is 0 Å². The molecule has 1 N–H and O–H groups in total. The number of carbonyl (C=O) groups excluding carboxylic acids is 2. The Kier molecular flexibility index (Phi) is 5.47. The first-order valence-corrected chi connectivity index (χ1v) is 8.98. The number of amides is 2. The lowest BCUT2D eigenvalue weighted by Gasteiger charge is -2.27. The lowest BCUT2D eigenvalue weighted by molar-refractivity contribution is -0.118. The molecule has 2 amide bonds. The number of carbonyl (C=O) groups is 2. The van der Waals surface area contributed by atoms with Gasteiger partial charge in [-0.2, -0.15) is 4.31 Å². The predicted octanol–water partition coefficient (Wildman–Crippen LogP) is -0.382. The van der Waals surface area contributed by atoms with Gasteiger partial charge in [0.2, 0.25) is 15.9 Å². The molecule has 0 saturated heterocycles. The highest BCUT2D eigenvalue weighted by atomic mass is 32.2. The van der Waals surface area contributed by atoms with E-state index >= 15 is 0 Å². The number of ether oxygens (including phenoxy) is 1. The van der Waals surface area contributed by atoms with E-state index in [0.29, 0.717) is 18.0 Å². The van der Waals surface area contributed by atoms with E-state index in [1.54, 1.807) is 19.3 Å². The van der Waals surface area contributed by atoms with Gasteiger partial charge in [-0.1, -0.05) is 6.08 Å². The molecule has 8 nitrogen and oxygen atoms in total. The van der Waals surface area contributed by atoms with Gasteiger partial charge < -0.3 is 10.1 Å². The molecule has 0 aromatic heterocycles. The van der Waals surface area contributed by atoms with Crippen LogP contribution in [0.15, 0.2) is 40.6 Å². The summed E-state index contributed by atoms with van der Waals surface area (Å²) < 4.78 is 28.6. The number of methoxy groups -OCH3 is 1. The molecule has 130 valence electrons. The molecule has 1 atom stereocenters. The third kappa shape index (κ3) is 4.47. The van der Waals surface area contributed by atoms with Crippen molar-refractivity contribution in [2.24, 2.45) is 10.9 Å². The zero-order chi connectivity index (χ0) is 17.9. The molecule has 9 heteroatoms. The van der Waals surface area contributed by atoms with Crippen molar-refractivity contribution in [1.29, 1.82) is 0 Å². The first kappa shape index (κ1) is 18.2. The average molecular weight is 353 g/mol. The van der Waals surface area contributed by atoms with Crippen LogP contribution in [0.25, 0.3) is 0 Å². The second kappa shape index (κ2) is 7.20. The van der Waals surface area contributed by atoms with E-state index in [0.717, 1.165) is 16.1 Å². The van der Waals surface area contributed by atoms with Crippen LogP contribution in [0.1, 0.15) is 0 Å². The summed E-state index contributed by atoms with van der Waals surface area (Å²) in [7, 11) is -0.591. The third-order valence-electron chi connectivity index (χ3n) is 3.57. The van der Waals surface area contributed by atoms with Crippen molar-refractivity contribution in [3.8, 4) is 0 Å². The van der Waals surface area contributed by atoms with Crippen molar-refractivity contribution in [2.75, 3.05) is 33.6 Å². The van der Waals surface area contributed by atoms with Gasteiger partial charge in [0, 0.05) is 31.8 Å². The lowest BCUT2D eigenvalue weighted by Crippen LogP contribution is -2.34. The summed E-state index contributed by atoms with van der Waals surface area (Å²) in [5.74, 6) is -0.981. The van der Waals surface area contributed by atoms with E-state index < -0.39 is 15.9 Å². The largest absolute Gasteiger partial charge is 0.380 e. The molecular weight excluding hydrogens is 334 g/mol. The van der Waals surface area contributed by atoms with Gasteiger partial charge in [0.25, 0.3) is 5.91 Å². The maximum Gasteiger partial charge on any atom is 0.261 e. The fraction of sp³-hybridized carbons (Fsp3) is 0.400. The maximum absolute atomic E-state index is 11.9. The third-order valence-corrected chi connectivity index (χ3v) is 4.83. The van der Waals surface area contributed by atoms with Crippen molar-refractivity contribution in [2.45, 2.75) is 0 Å². The Morgan fingerprint density at radius 1 is 1.42 bits per heavy atom. The topological polar surface area (TPSA) is 105 Å². The zero-order valence-electron chi connectivity index (χ0n) is 13.6. The molecule has 0 fully saturated rings. The molecule has 0 bridgehead atoms. The molecule has 24 heavy (non-hydrogen) atoms. The first-order chi connectivity index (χ1) is 11.2. The van der Waals surface area contributed by atoms with Crippen LogP contribution in [0.4, 0.5) is 0 Å². The molecule has 0 aromatic rings. The van der Waals surface area contributed by atoms with Crippen LogP contribution < -0.4 is 5.32 Å². The molecule has 1 unspecified atom stereocenters. The smallest absolute Gasteiger partial charge is 0.261 e. The Hall–Kier alpha value is -2.10. The number of nitrogens with zero attached hydrogens (tertiary/aromatic N) is 2. The molecule has 0 aromatic carbocycles. The van der Waals surface area contributed by atoms with Gasteiger partial charge >= 0.3 is 0 Å². The molecule has 0 spiro atoms. The predicted molar refractivity (Wildman–Crippen MR) is 88.7 cm³/mol. The Balaban J connectivity index is 2.16. The first-order valence-electron chi connectivity index (χ1n) is 7.13. The highest BCUT2D eigenvalue weighted by molar-refractivity contribution is 7.88. The fourth-order valence-corrected chi connectivity index (χ4v) is 2.67. The van der Waals surface area contributed by atoms with Crippen LogP contribution in [-0.4, -0.2) is 63.8 Å². The van der Waals surface area contributed by atoms with E-state index in [1.165, 1.54) is 13.1 Å². The summed E-state index contributed by atoms with van der Waals surface area (Å²) in [6, 6.07) is 0. The summed E-state index contributed by atoms with van der Waals surface area (Å²) in [6.07, 6.45) is 7.58. The van der Waals surface area contributed by atoms with Gasteiger partial charge in [-0.05, 0) is 17.7 Å². The van der Waals surface area contributed by atoms with Gasteiger partial charge in [-0.3, -0.25) is 9.59 Å². The van der Waals surface area contributed by atoms with Crippen molar-refractivity contribution in [3.63, 3.8) is 0 Å². The van der Waals surface area contributed by atoms with E-state index in [4.69, 9.17) is 4.74 Å². The quantitative estimate of drug-likeness (QED) is 0.725. The Morgan fingerprint density at radius 3 is 2.75 bits per heavy atom. The second-order valence-electron chi connectivity index (χ2n) is 5.53. The summed E-state index contributed by atoms with van der Waals surface area (Å²) in [4.78, 5) is 27.5. The fourth-order valence-electron chi connectivity index (χ4n) is 2.32. The number of likely N-dealkylation sites (N-methyl/N-ethyl adjacent to an activating group) is 1. The number of fused-ring (bicyclic) bond motifs is 1. The van der Waals surface area contributed by atoms with E-state index in [1.807, 2.05) is 6.08 Å². The van der Waals surface area contributed by atoms with Gasteiger partial charge in [-0.15, -0.1) is 0 Å². The highest BCUT2D eigenvalue weighted by Crippen LogP contribution is 2.27. The minimum Gasteiger partial charge on any atom is -0.380 e. The van der Waals surface area contributed by atoms with Crippen molar-refractivity contribution < 1.29 is 22.7 Å². The molecule has 1 aliphatic heterocycles. The minimum absolute atomic E-state index is 0.129. The Morgan fingerprint density at radius 2 is 2.12 bits per heavy atom. The van der Waals surface area contributed by atoms with Crippen LogP contribution in [0.2, 0.25) is 0 Å². The molecule has 1 heterocycles. The van der Waals surface area contributed by atoms with E-state index in [2.05, 4.69) is 10.3 Å². The van der Waals surface area contributed by atoms with E-state index in [9.17, 15) is 18.0 Å². The average Bonchev–Trinajstić information content (AvgIpc) is 2.45. The van der Waals surface area contributed by atoms with Gasteiger partial charge in [0.05, 0.1) is 25.1 Å². The number of hydrogen-bond acceptors (Lipinski definition) is 5. The van der Waals surface area contributed by atoms with Crippen molar-refractivity contribution in [3.05, 3.63) is 35.6 Å². The number of nitrogens with one attached hydrogen (secondary N) is 1. The number of sulfonamides is 1. The van der Waals surface area contributed by atoms with Crippen molar-refractivity contribution >= 4 is 27.5 Å². The summed E-state index contributed by atoms with van der Waals surface area (Å²) in [6.45, 7) is -0.0196. The number of rotatable bonds is 5. The molecule has 2 rings (SSSR count). The summed E-state index contributed by atoms with van der Waals surface area (Å²) in [5, 5.41) is 2.72. The standard InChI is InChI=1S/C15H19N3O5S/c1-18(24(3,21)22)8-15(20)16-11-4-5-12-10(9-23-2)6-14(19)17-13(12)7-11/h4-7,12H,8-9H2,1-3H3,(H,17,19). The second-order valence-corrected chi connectivity index (χ2v) is 7.62. The van der Waals surface area contributed by atoms with Crippen LogP contribution >= 0.6 is 0 Å². The lowest BCUT2D eigenvalue weighted by atomic mass is 9.88. The zero-order valence-corrected chi connectivity index (χ0v) is 14.5. The van der Waals surface area contributed by atoms with Crippen molar-refractivity contribution in [1.82, 2.24) is 9.62 Å². The highest BCUT2D eigenvalue weighted by Gasteiger charge is 2.26. The normalized spacial score (nSPS) is 22.1. The summed E-state index contributed by atoms with van der Waals surface area (Å²) in [5.41, 5.74) is 1.78. The van der Waals surface area contributed by atoms with E-state index in [-0.39, 0.29) is 18.4 Å².